The minimum Gasteiger partial charge on any atom is -0.337 e. The zero-order chi connectivity index (χ0) is 20.2. The number of fused-ring (bicyclic) bond motifs is 1. The summed E-state index contributed by atoms with van der Waals surface area (Å²) in [6, 6.07) is 17.8. The van der Waals surface area contributed by atoms with E-state index in [1.54, 1.807) is 25.3 Å². The highest BCUT2D eigenvalue weighted by molar-refractivity contribution is 5.89. The molecule has 0 spiro atoms. The number of carbonyl (C=O) groups is 1. The monoisotopic (exact) mass is 389 g/mol. The summed E-state index contributed by atoms with van der Waals surface area (Å²) in [7, 11) is 0. The number of urea groups is 1. The van der Waals surface area contributed by atoms with Gasteiger partial charge in [0.05, 0.1) is 0 Å². The number of hydrogen-bond acceptors (Lipinski definition) is 3. The third-order valence-electron chi connectivity index (χ3n) is 4.56. The number of imidazole rings is 1. The van der Waals surface area contributed by atoms with Crippen molar-refractivity contribution in [1.82, 2.24) is 19.9 Å². The lowest BCUT2D eigenvalue weighted by Gasteiger charge is -2.10. The summed E-state index contributed by atoms with van der Waals surface area (Å²) in [6.45, 7) is 2.04. The minimum absolute atomic E-state index is 0.355. The van der Waals surface area contributed by atoms with Crippen LogP contribution in [0.4, 0.5) is 14.9 Å². The second-order valence-corrected chi connectivity index (χ2v) is 6.64. The zero-order valence-electron chi connectivity index (χ0n) is 15.9. The Morgan fingerprint density at radius 3 is 2.72 bits per heavy atom. The van der Waals surface area contributed by atoms with Gasteiger partial charge in [-0.25, -0.2) is 19.2 Å². The Kier molecular flexibility index (Phi) is 5.20. The molecule has 0 aliphatic rings. The number of nitrogens with one attached hydrogen (secondary N) is 2. The van der Waals surface area contributed by atoms with Crippen LogP contribution in [0.25, 0.3) is 16.9 Å². The second kappa shape index (κ2) is 8.10. The van der Waals surface area contributed by atoms with E-state index >= 15 is 0 Å². The van der Waals surface area contributed by atoms with E-state index in [0.29, 0.717) is 24.2 Å². The van der Waals surface area contributed by atoms with Crippen LogP contribution in [0.3, 0.4) is 0 Å². The van der Waals surface area contributed by atoms with Crippen LogP contribution in [0.15, 0.2) is 66.9 Å². The van der Waals surface area contributed by atoms with Gasteiger partial charge in [-0.2, -0.15) is 0 Å². The van der Waals surface area contributed by atoms with Crippen molar-refractivity contribution in [3.05, 3.63) is 84.1 Å². The number of aryl methyl sites for hydroxylation is 1. The molecular weight excluding hydrogens is 369 g/mol. The van der Waals surface area contributed by atoms with E-state index in [0.717, 1.165) is 22.7 Å². The summed E-state index contributed by atoms with van der Waals surface area (Å²) < 4.78 is 15.6. The number of benzene rings is 2. The molecule has 0 fully saturated rings. The first-order valence-electron chi connectivity index (χ1n) is 9.30. The molecule has 0 atom stereocenters. The first-order chi connectivity index (χ1) is 14.1. The SMILES string of the molecule is Cc1ccc(NC(=O)NCCc2nc3cccnc3n2-c2ccccc2)cc1F. The van der Waals surface area contributed by atoms with Crippen molar-refractivity contribution in [3.8, 4) is 5.69 Å². The van der Waals surface area contributed by atoms with Gasteiger partial charge >= 0.3 is 6.03 Å². The fraction of sp³-hybridized carbons (Fsp3) is 0.136. The van der Waals surface area contributed by atoms with E-state index in [4.69, 9.17) is 0 Å². The van der Waals surface area contributed by atoms with Crippen LogP contribution in [0.2, 0.25) is 0 Å². The van der Waals surface area contributed by atoms with Crippen molar-refractivity contribution in [3.63, 3.8) is 0 Å². The maximum atomic E-state index is 13.6. The number of pyridine rings is 1. The Balaban J connectivity index is 1.47. The molecule has 4 aromatic rings. The fourth-order valence-electron chi connectivity index (χ4n) is 3.11. The molecule has 0 unspecified atom stereocenters. The van der Waals surface area contributed by atoms with Crippen LogP contribution >= 0.6 is 0 Å². The lowest BCUT2D eigenvalue weighted by atomic mass is 10.2. The minimum atomic E-state index is -0.395. The van der Waals surface area contributed by atoms with E-state index in [2.05, 4.69) is 20.6 Å². The molecule has 0 radical (unpaired) electrons. The Morgan fingerprint density at radius 1 is 1.10 bits per heavy atom. The number of amides is 2. The highest BCUT2D eigenvalue weighted by Gasteiger charge is 2.13. The van der Waals surface area contributed by atoms with E-state index in [1.807, 2.05) is 47.0 Å². The molecule has 2 heterocycles. The van der Waals surface area contributed by atoms with Crippen LogP contribution in [0, 0.1) is 12.7 Å². The molecule has 2 aromatic heterocycles. The molecule has 7 heteroatoms. The molecule has 6 nitrogen and oxygen atoms in total. The number of aromatic nitrogens is 3. The Hall–Kier alpha value is -3.74. The van der Waals surface area contributed by atoms with Crippen molar-refractivity contribution in [2.24, 2.45) is 0 Å². The standard InChI is InChI=1S/C22H20FN5O/c1-15-9-10-16(14-18(15)23)26-22(29)25-13-11-20-27-19-8-5-12-24-21(19)28(20)17-6-3-2-4-7-17/h2-10,12,14H,11,13H2,1H3,(H2,25,26,29). The molecule has 2 amide bonds. The van der Waals surface area contributed by atoms with Crippen LogP contribution < -0.4 is 10.6 Å². The quantitative estimate of drug-likeness (QED) is 0.536. The van der Waals surface area contributed by atoms with E-state index in [9.17, 15) is 9.18 Å². The van der Waals surface area contributed by atoms with Crippen LogP contribution in [0.5, 0.6) is 0 Å². The first-order valence-corrected chi connectivity index (χ1v) is 9.30. The van der Waals surface area contributed by atoms with E-state index < -0.39 is 6.03 Å². The van der Waals surface area contributed by atoms with Crippen molar-refractivity contribution in [2.45, 2.75) is 13.3 Å². The molecule has 146 valence electrons. The highest BCUT2D eigenvalue weighted by Crippen LogP contribution is 2.20. The molecule has 0 bridgehead atoms. The Labute approximate surface area is 167 Å². The summed E-state index contributed by atoms with van der Waals surface area (Å²) in [5.74, 6) is 0.443. The molecule has 0 saturated heterocycles. The fourth-order valence-corrected chi connectivity index (χ4v) is 3.11. The third-order valence-corrected chi connectivity index (χ3v) is 4.56. The van der Waals surface area contributed by atoms with Gasteiger partial charge in [-0.1, -0.05) is 24.3 Å². The molecule has 2 aromatic carbocycles. The summed E-state index contributed by atoms with van der Waals surface area (Å²) in [5.41, 5.74) is 3.47. The largest absolute Gasteiger partial charge is 0.337 e. The van der Waals surface area contributed by atoms with Gasteiger partial charge in [-0.3, -0.25) is 4.57 Å². The van der Waals surface area contributed by atoms with Gasteiger partial charge in [0.1, 0.15) is 17.2 Å². The van der Waals surface area contributed by atoms with Gasteiger partial charge in [0.15, 0.2) is 5.65 Å². The van der Waals surface area contributed by atoms with Crippen LogP contribution in [-0.2, 0) is 6.42 Å². The van der Waals surface area contributed by atoms with Gasteiger partial charge in [0.25, 0.3) is 0 Å². The summed E-state index contributed by atoms with van der Waals surface area (Å²) in [6.07, 6.45) is 2.25. The predicted octanol–water partition coefficient (Wildman–Crippen LogP) is 4.23. The highest BCUT2D eigenvalue weighted by atomic mass is 19.1. The lowest BCUT2D eigenvalue weighted by Crippen LogP contribution is -2.31. The Bertz CT molecular complexity index is 1160. The second-order valence-electron chi connectivity index (χ2n) is 6.64. The van der Waals surface area contributed by atoms with Gasteiger partial charge in [0, 0.05) is 30.5 Å². The van der Waals surface area contributed by atoms with E-state index in [-0.39, 0.29) is 5.82 Å². The maximum Gasteiger partial charge on any atom is 0.319 e. The van der Waals surface area contributed by atoms with Gasteiger partial charge in [0.2, 0.25) is 0 Å². The van der Waals surface area contributed by atoms with Crippen molar-refractivity contribution >= 4 is 22.9 Å². The molecular formula is C22H20FN5O. The van der Waals surface area contributed by atoms with Crippen LogP contribution in [0.1, 0.15) is 11.4 Å². The molecule has 2 N–H and O–H groups in total. The van der Waals surface area contributed by atoms with Crippen molar-refractivity contribution in [1.29, 1.82) is 0 Å². The molecule has 29 heavy (non-hydrogen) atoms. The molecule has 0 saturated carbocycles. The van der Waals surface area contributed by atoms with E-state index in [1.165, 1.54) is 6.07 Å². The summed E-state index contributed by atoms with van der Waals surface area (Å²) in [4.78, 5) is 21.3. The maximum absolute atomic E-state index is 13.6. The normalized spacial score (nSPS) is 10.8. The first kappa shape index (κ1) is 18.6. The van der Waals surface area contributed by atoms with Crippen molar-refractivity contribution in [2.75, 3.05) is 11.9 Å². The number of nitrogens with zero attached hydrogens (tertiary/aromatic N) is 3. The lowest BCUT2D eigenvalue weighted by molar-refractivity contribution is 0.252. The average Bonchev–Trinajstić information content (AvgIpc) is 3.09. The van der Waals surface area contributed by atoms with Gasteiger partial charge in [-0.15, -0.1) is 0 Å². The number of para-hydroxylation sites is 1. The molecule has 4 rings (SSSR count). The number of rotatable bonds is 5. The van der Waals surface area contributed by atoms with Gasteiger partial charge < -0.3 is 10.6 Å². The zero-order valence-corrected chi connectivity index (χ0v) is 15.9. The molecule has 0 aliphatic heterocycles. The third kappa shape index (κ3) is 4.08. The summed E-state index contributed by atoms with van der Waals surface area (Å²) in [5, 5.41) is 5.43. The van der Waals surface area contributed by atoms with Crippen LogP contribution in [-0.4, -0.2) is 27.1 Å². The predicted molar refractivity (Wildman–Crippen MR) is 111 cm³/mol. The molecule has 0 aliphatic carbocycles. The average molecular weight is 389 g/mol. The number of anilines is 1. The Morgan fingerprint density at radius 2 is 1.93 bits per heavy atom. The smallest absolute Gasteiger partial charge is 0.319 e. The number of hydrogen-bond donors (Lipinski definition) is 2. The summed E-state index contributed by atoms with van der Waals surface area (Å²) >= 11 is 0. The number of carbonyl (C=O) groups excluding carboxylic acids is 1. The van der Waals surface area contributed by atoms with Gasteiger partial charge in [-0.05, 0) is 48.9 Å². The number of halogens is 1. The topological polar surface area (TPSA) is 71.8 Å². The van der Waals surface area contributed by atoms with Crippen molar-refractivity contribution < 1.29 is 9.18 Å².